The molecule has 0 spiro atoms. The van der Waals surface area contributed by atoms with Crippen LogP contribution in [-0.4, -0.2) is 47.3 Å². The Morgan fingerprint density at radius 3 is 2.92 bits per heavy atom. The van der Waals surface area contributed by atoms with Gasteiger partial charge in [0.15, 0.2) is 11.5 Å². The number of anilines is 1. The van der Waals surface area contributed by atoms with E-state index in [2.05, 4.69) is 10.2 Å². The molecule has 3 N–H and O–H groups in total. The summed E-state index contributed by atoms with van der Waals surface area (Å²) in [5, 5.41) is 6.91. The third kappa shape index (κ3) is 2.66. The highest BCUT2D eigenvalue weighted by Crippen LogP contribution is 2.33. The first-order chi connectivity index (χ1) is 11.7. The number of aromatic amines is 1. The first-order valence-electron chi connectivity index (χ1n) is 8.20. The summed E-state index contributed by atoms with van der Waals surface area (Å²) >= 11 is 0. The number of carbonyl (C=O) groups is 1. The van der Waals surface area contributed by atoms with Gasteiger partial charge in [0.2, 0.25) is 0 Å². The van der Waals surface area contributed by atoms with Gasteiger partial charge in [0.25, 0.3) is 5.91 Å². The zero-order valence-electron chi connectivity index (χ0n) is 13.3. The smallest absolute Gasteiger partial charge is 0.254 e. The number of fused-ring (bicyclic) bond motifs is 1. The Hall–Kier alpha value is -2.70. The van der Waals surface area contributed by atoms with E-state index in [9.17, 15) is 4.79 Å². The lowest BCUT2D eigenvalue weighted by Crippen LogP contribution is -2.28. The number of rotatable bonds is 2. The van der Waals surface area contributed by atoms with Gasteiger partial charge in [-0.1, -0.05) is 0 Å². The van der Waals surface area contributed by atoms with Crippen LogP contribution in [0, 0.1) is 0 Å². The maximum atomic E-state index is 12.8. The molecular formula is C17H20N4O3. The number of amides is 1. The molecule has 0 bridgehead atoms. The molecule has 0 radical (unpaired) electrons. The molecule has 2 aromatic rings. The van der Waals surface area contributed by atoms with Gasteiger partial charge in [-0.05, 0) is 24.6 Å². The molecule has 1 unspecified atom stereocenters. The van der Waals surface area contributed by atoms with E-state index in [1.165, 1.54) is 0 Å². The van der Waals surface area contributed by atoms with Gasteiger partial charge in [-0.3, -0.25) is 9.89 Å². The Morgan fingerprint density at radius 1 is 1.29 bits per heavy atom. The summed E-state index contributed by atoms with van der Waals surface area (Å²) in [7, 11) is 0. The van der Waals surface area contributed by atoms with E-state index in [1.54, 1.807) is 18.3 Å². The summed E-state index contributed by atoms with van der Waals surface area (Å²) in [6.45, 7) is 2.59. The van der Waals surface area contributed by atoms with Gasteiger partial charge >= 0.3 is 0 Å². The number of nitrogen functional groups attached to an aromatic ring is 1. The molecule has 7 heteroatoms. The Bertz CT molecular complexity index is 758. The molecule has 1 saturated heterocycles. The third-order valence-corrected chi connectivity index (χ3v) is 4.58. The summed E-state index contributed by atoms with van der Waals surface area (Å²) in [4.78, 5) is 14.6. The predicted molar refractivity (Wildman–Crippen MR) is 88.3 cm³/mol. The molecule has 7 nitrogen and oxygen atoms in total. The highest BCUT2D eigenvalue weighted by atomic mass is 16.5. The number of nitrogens with zero attached hydrogens (tertiary/aromatic N) is 2. The summed E-state index contributed by atoms with van der Waals surface area (Å²) in [6, 6.07) is 5.39. The molecule has 0 saturated carbocycles. The average Bonchev–Trinajstić information content (AvgIpc) is 3.17. The fourth-order valence-electron chi connectivity index (χ4n) is 3.29. The molecule has 4 rings (SSSR count). The van der Waals surface area contributed by atoms with Crippen molar-refractivity contribution in [1.29, 1.82) is 0 Å². The predicted octanol–water partition coefficient (Wildman–Crippen LogP) is 1.78. The molecule has 1 atom stereocenters. The second kappa shape index (κ2) is 6.07. The van der Waals surface area contributed by atoms with Crippen LogP contribution in [0.15, 0.2) is 24.4 Å². The maximum absolute atomic E-state index is 12.8. The second-order valence-corrected chi connectivity index (χ2v) is 6.19. The minimum Gasteiger partial charge on any atom is -0.490 e. The Balaban J connectivity index is 1.50. The van der Waals surface area contributed by atoms with E-state index in [1.807, 2.05) is 11.0 Å². The van der Waals surface area contributed by atoms with E-state index < -0.39 is 0 Å². The van der Waals surface area contributed by atoms with Gasteiger partial charge in [0, 0.05) is 31.0 Å². The monoisotopic (exact) mass is 328 g/mol. The van der Waals surface area contributed by atoms with Crippen LogP contribution in [0.1, 0.15) is 34.8 Å². The Morgan fingerprint density at radius 2 is 2.12 bits per heavy atom. The van der Waals surface area contributed by atoms with Crippen LogP contribution < -0.4 is 15.2 Å². The van der Waals surface area contributed by atoms with Crippen molar-refractivity contribution >= 4 is 11.6 Å². The van der Waals surface area contributed by atoms with Gasteiger partial charge in [-0.25, -0.2) is 0 Å². The zero-order valence-corrected chi connectivity index (χ0v) is 13.3. The van der Waals surface area contributed by atoms with Gasteiger partial charge in [-0.15, -0.1) is 0 Å². The van der Waals surface area contributed by atoms with Crippen LogP contribution in [0.25, 0.3) is 0 Å². The number of nitrogens with one attached hydrogen (secondary N) is 1. The largest absolute Gasteiger partial charge is 0.490 e. The van der Waals surface area contributed by atoms with Gasteiger partial charge < -0.3 is 20.1 Å². The number of benzene rings is 1. The van der Waals surface area contributed by atoms with Crippen LogP contribution in [-0.2, 0) is 0 Å². The van der Waals surface area contributed by atoms with Crippen molar-refractivity contribution in [2.75, 3.05) is 32.0 Å². The number of carbonyl (C=O) groups excluding carboxylic acids is 1. The molecule has 1 aromatic carbocycles. The fraction of sp³-hybridized carbons (Fsp3) is 0.412. The minimum absolute atomic E-state index is 0.00577. The van der Waals surface area contributed by atoms with E-state index in [4.69, 9.17) is 15.2 Å². The van der Waals surface area contributed by atoms with E-state index >= 15 is 0 Å². The normalized spacial score (nSPS) is 20.0. The van der Waals surface area contributed by atoms with Crippen molar-refractivity contribution in [3.05, 3.63) is 35.7 Å². The topological polar surface area (TPSA) is 93.5 Å². The summed E-state index contributed by atoms with van der Waals surface area (Å²) < 4.78 is 11.3. The molecule has 1 amide bonds. The molecule has 2 aliphatic rings. The average molecular weight is 328 g/mol. The number of hydrogen-bond donors (Lipinski definition) is 2. The molecule has 1 aromatic heterocycles. The lowest BCUT2D eigenvalue weighted by molar-refractivity contribution is 0.0790. The highest BCUT2D eigenvalue weighted by molar-refractivity contribution is 5.95. The maximum Gasteiger partial charge on any atom is 0.254 e. The number of H-pyrrole nitrogens is 1. The molecule has 0 aliphatic carbocycles. The Kier molecular flexibility index (Phi) is 3.76. The first kappa shape index (κ1) is 14.9. The molecule has 1 fully saturated rings. The fourth-order valence-corrected chi connectivity index (χ4v) is 3.29. The highest BCUT2D eigenvalue weighted by Gasteiger charge is 2.30. The van der Waals surface area contributed by atoms with Gasteiger partial charge in [0.1, 0.15) is 0 Å². The molecule has 126 valence electrons. The van der Waals surface area contributed by atoms with Crippen LogP contribution in [0.2, 0.25) is 0 Å². The number of aromatic nitrogens is 2. The van der Waals surface area contributed by atoms with E-state index in [-0.39, 0.29) is 11.8 Å². The SMILES string of the molecule is Nc1cn[nH]c1C1CCN(C(=O)c2ccc3c(c2)OCCCO3)C1. The lowest BCUT2D eigenvalue weighted by atomic mass is 10.0. The molecular weight excluding hydrogens is 308 g/mol. The van der Waals surface area contributed by atoms with Crippen molar-refractivity contribution in [3.8, 4) is 11.5 Å². The molecule has 3 heterocycles. The van der Waals surface area contributed by atoms with Crippen molar-refractivity contribution in [2.45, 2.75) is 18.8 Å². The van der Waals surface area contributed by atoms with Crippen molar-refractivity contribution in [1.82, 2.24) is 15.1 Å². The zero-order chi connectivity index (χ0) is 16.5. The van der Waals surface area contributed by atoms with Gasteiger partial charge in [-0.2, -0.15) is 5.10 Å². The number of hydrogen-bond acceptors (Lipinski definition) is 5. The quantitative estimate of drug-likeness (QED) is 0.876. The van der Waals surface area contributed by atoms with Crippen LogP contribution in [0.4, 0.5) is 5.69 Å². The van der Waals surface area contributed by atoms with Gasteiger partial charge in [0.05, 0.1) is 30.8 Å². The van der Waals surface area contributed by atoms with Crippen LogP contribution >= 0.6 is 0 Å². The summed E-state index contributed by atoms with van der Waals surface area (Å²) in [5.74, 6) is 1.56. The van der Waals surface area contributed by atoms with Crippen molar-refractivity contribution in [3.63, 3.8) is 0 Å². The van der Waals surface area contributed by atoms with E-state index in [0.717, 1.165) is 18.5 Å². The Labute approximate surface area is 139 Å². The van der Waals surface area contributed by atoms with Crippen molar-refractivity contribution < 1.29 is 14.3 Å². The standard InChI is InChI=1S/C17H20N4O3/c18-13-9-19-20-16(13)12-4-5-21(10-12)17(22)11-2-3-14-15(8-11)24-7-1-6-23-14/h2-3,8-9,12H,1,4-7,10,18H2,(H,19,20). The molecule has 24 heavy (non-hydrogen) atoms. The number of ether oxygens (including phenoxy) is 2. The lowest BCUT2D eigenvalue weighted by Gasteiger charge is -2.17. The number of nitrogens with two attached hydrogens (primary N) is 1. The molecule has 2 aliphatic heterocycles. The summed E-state index contributed by atoms with van der Waals surface area (Å²) in [6.07, 6.45) is 3.34. The summed E-state index contributed by atoms with van der Waals surface area (Å²) in [5.41, 5.74) is 8.12. The van der Waals surface area contributed by atoms with Crippen LogP contribution in [0.5, 0.6) is 11.5 Å². The van der Waals surface area contributed by atoms with Crippen molar-refractivity contribution in [2.24, 2.45) is 0 Å². The number of likely N-dealkylation sites (tertiary alicyclic amines) is 1. The van der Waals surface area contributed by atoms with Crippen LogP contribution in [0.3, 0.4) is 0 Å². The minimum atomic E-state index is 0.00577. The first-order valence-corrected chi connectivity index (χ1v) is 8.20. The van der Waals surface area contributed by atoms with E-state index in [0.29, 0.717) is 49.1 Å². The third-order valence-electron chi connectivity index (χ3n) is 4.58. The second-order valence-electron chi connectivity index (χ2n) is 6.19.